The highest BCUT2D eigenvalue weighted by Gasteiger charge is 2.36. The van der Waals surface area contributed by atoms with Crippen molar-refractivity contribution in [3.05, 3.63) is 24.3 Å². The van der Waals surface area contributed by atoms with Crippen molar-refractivity contribution in [2.75, 3.05) is 16.6 Å². The highest BCUT2D eigenvalue weighted by atomic mass is 32.2. The quantitative estimate of drug-likeness (QED) is 0.806. The Morgan fingerprint density at radius 3 is 2.30 bits per heavy atom. The van der Waals surface area contributed by atoms with Crippen LogP contribution in [0.5, 0.6) is 0 Å². The summed E-state index contributed by atoms with van der Waals surface area (Å²) in [6.07, 6.45) is -0.288. The Morgan fingerprint density at radius 2 is 1.85 bits per heavy atom. The van der Waals surface area contributed by atoms with E-state index >= 15 is 0 Å². The number of para-hydroxylation sites is 2. The summed E-state index contributed by atoms with van der Waals surface area (Å²) in [5.74, 6) is -1.06. The van der Waals surface area contributed by atoms with Gasteiger partial charge in [-0.2, -0.15) is 0 Å². The number of benzene rings is 1. The van der Waals surface area contributed by atoms with Gasteiger partial charge in [-0.15, -0.1) is 0 Å². The fraction of sp³-hybridized carbons (Fsp3) is 0.462. The first-order valence-corrected chi connectivity index (χ1v) is 7.60. The van der Waals surface area contributed by atoms with Gasteiger partial charge in [0.1, 0.15) is 0 Å². The van der Waals surface area contributed by atoms with Crippen molar-refractivity contribution in [2.24, 2.45) is 0 Å². The Bertz CT molecular complexity index is 591. The molecule has 1 rings (SSSR count). The molecule has 0 bridgehead atoms. The lowest BCUT2D eigenvalue weighted by atomic mass is 10.2. The normalized spacial score (nSPS) is 12.2. The lowest BCUT2D eigenvalue weighted by Gasteiger charge is -2.31. The first-order valence-electron chi connectivity index (χ1n) is 6.16. The number of aliphatic carboxylic acids is 1. The van der Waals surface area contributed by atoms with E-state index in [4.69, 9.17) is 10.8 Å². The van der Waals surface area contributed by atoms with Crippen LogP contribution in [0.2, 0.25) is 0 Å². The molecule has 112 valence electrons. The molecule has 0 amide bonds. The Labute approximate surface area is 119 Å². The van der Waals surface area contributed by atoms with Gasteiger partial charge in [-0.05, 0) is 32.9 Å². The van der Waals surface area contributed by atoms with Gasteiger partial charge in [0.05, 0.1) is 22.5 Å². The van der Waals surface area contributed by atoms with Gasteiger partial charge in [-0.25, -0.2) is 8.42 Å². The summed E-state index contributed by atoms with van der Waals surface area (Å²) in [5.41, 5.74) is 6.42. The van der Waals surface area contributed by atoms with E-state index in [-0.39, 0.29) is 13.0 Å². The number of hydrogen-bond donors (Lipinski definition) is 2. The number of carboxylic acids is 1. The van der Waals surface area contributed by atoms with E-state index in [1.807, 2.05) is 0 Å². The summed E-state index contributed by atoms with van der Waals surface area (Å²) in [4.78, 5) is 10.7. The second-order valence-electron chi connectivity index (χ2n) is 5.39. The molecule has 0 saturated heterocycles. The second-order valence-corrected chi connectivity index (χ2v) is 8.01. The molecule has 0 spiro atoms. The van der Waals surface area contributed by atoms with Crippen LogP contribution in [0.1, 0.15) is 27.2 Å². The van der Waals surface area contributed by atoms with E-state index in [9.17, 15) is 13.2 Å². The SMILES string of the molecule is CC(C)(C)S(=O)(=O)N(CCC(=O)O)c1ccccc1N. The lowest BCUT2D eigenvalue weighted by molar-refractivity contribution is -0.136. The average molecular weight is 300 g/mol. The molecule has 0 aliphatic carbocycles. The molecule has 0 fully saturated rings. The number of rotatable bonds is 5. The lowest BCUT2D eigenvalue weighted by Crippen LogP contribution is -2.44. The maximum atomic E-state index is 12.6. The minimum absolute atomic E-state index is 0.150. The molecule has 0 aliphatic heterocycles. The highest BCUT2D eigenvalue weighted by molar-refractivity contribution is 7.94. The highest BCUT2D eigenvalue weighted by Crippen LogP contribution is 2.30. The second kappa shape index (κ2) is 5.70. The zero-order chi connectivity index (χ0) is 15.6. The third-order valence-electron chi connectivity index (χ3n) is 2.80. The zero-order valence-corrected chi connectivity index (χ0v) is 12.6. The minimum Gasteiger partial charge on any atom is -0.481 e. The first-order chi connectivity index (χ1) is 9.07. The zero-order valence-electron chi connectivity index (χ0n) is 11.8. The largest absolute Gasteiger partial charge is 0.481 e. The Hall–Kier alpha value is -1.76. The summed E-state index contributed by atoms with van der Waals surface area (Å²) in [7, 11) is -3.72. The summed E-state index contributed by atoms with van der Waals surface area (Å²) in [6, 6.07) is 6.51. The summed E-state index contributed by atoms with van der Waals surface area (Å²) >= 11 is 0. The van der Waals surface area contributed by atoms with Crippen LogP contribution in [0.4, 0.5) is 11.4 Å². The smallest absolute Gasteiger partial charge is 0.305 e. The van der Waals surface area contributed by atoms with Crippen molar-refractivity contribution < 1.29 is 18.3 Å². The number of anilines is 2. The number of nitrogens with zero attached hydrogens (tertiary/aromatic N) is 1. The van der Waals surface area contributed by atoms with Gasteiger partial charge in [0.15, 0.2) is 0 Å². The molecule has 0 aromatic heterocycles. The van der Waals surface area contributed by atoms with Crippen LogP contribution in [0.3, 0.4) is 0 Å². The van der Waals surface area contributed by atoms with Gasteiger partial charge in [0, 0.05) is 6.54 Å². The molecule has 0 radical (unpaired) electrons. The van der Waals surface area contributed by atoms with E-state index in [1.54, 1.807) is 45.0 Å². The third-order valence-corrected chi connectivity index (χ3v) is 5.31. The van der Waals surface area contributed by atoms with Gasteiger partial charge in [0.25, 0.3) is 0 Å². The van der Waals surface area contributed by atoms with Crippen molar-refractivity contribution >= 4 is 27.4 Å². The van der Waals surface area contributed by atoms with Crippen molar-refractivity contribution in [3.63, 3.8) is 0 Å². The fourth-order valence-electron chi connectivity index (χ4n) is 1.61. The molecule has 0 aliphatic rings. The van der Waals surface area contributed by atoms with E-state index in [0.717, 1.165) is 4.31 Å². The number of hydrogen-bond acceptors (Lipinski definition) is 4. The van der Waals surface area contributed by atoms with Gasteiger partial charge >= 0.3 is 5.97 Å². The predicted molar refractivity (Wildman–Crippen MR) is 79.1 cm³/mol. The minimum atomic E-state index is -3.72. The molecule has 1 aromatic carbocycles. The number of nitrogen functional groups attached to an aromatic ring is 1. The number of carbonyl (C=O) groups is 1. The van der Waals surface area contributed by atoms with Crippen LogP contribution in [0, 0.1) is 0 Å². The van der Waals surface area contributed by atoms with Gasteiger partial charge in [-0.1, -0.05) is 12.1 Å². The first kappa shape index (κ1) is 16.3. The van der Waals surface area contributed by atoms with Gasteiger partial charge in [-0.3, -0.25) is 9.10 Å². The van der Waals surface area contributed by atoms with Crippen molar-refractivity contribution in [1.29, 1.82) is 0 Å². The average Bonchev–Trinajstić information content (AvgIpc) is 2.29. The molecule has 0 unspecified atom stereocenters. The standard InChI is InChI=1S/C13H20N2O4S/c1-13(2,3)20(18,19)15(9-8-12(16)17)11-7-5-4-6-10(11)14/h4-7H,8-9,14H2,1-3H3,(H,16,17). The van der Waals surface area contributed by atoms with Crippen LogP contribution < -0.4 is 10.0 Å². The number of nitrogens with two attached hydrogens (primary N) is 1. The summed E-state index contributed by atoms with van der Waals surface area (Å²) < 4.78 is 25.2. The third kappa shape index (κ3) is 3.41. The van der Waals surface area contributed by atoms with Crippen LogP contribution in [0.15, 0.2) is 24.3 Å². The molecule has 0 heterocycles. The van der Waals surface area contributed by atoms with Crippen molar-refractivity contribution in [2.45, 2.75) is 31.9 Å². The number of sulfonamides is 1. The van der Waals surface area contributed by atoms with Crippen molar-refractivity contribution in [1.82, 2.24) is 0 Å². The molecule has 0 atom stereocenters. The van der Waals surface area contributed by atoms with E-state index in [2.05, 4.69) is 0 Å². The molecular formula is C13H20N2O4S. The Balaban J connectivity index is 3.30. The maximum Gasteiger partial charge on any atom is 0.305 e. The topological polar surface area (TPSA) is 101 Å². The molecule has 20 heavy (non-hydrogen) atoms. The van der Waals surface area contributed by atoms with Crippen LogP contribution in [-0.2, 0) is 14.8 Å². The predicted octanol–water partition coefficient (Wildman–Crippen LogP) is 1.68. The van der Waals surface area contributed by atoms with Gasteiger partial charge in [0.2, 0.25) is 10.0 Å². The van der Waals surface area contributed by atoms with Crippen molar-refractivity contribution in [3.8, 4) is 0 Å². The van der Waals surface area contributed by atoms with Crippen LogP contribution >= 0.6 is 0 Å². The van der Waals surface area contributed by atoms with E-state index in [1.165, 1.54) is 0 Å². The molecular weight excluding hydrogens is 280 g/mol. The Morgan fingerprint density at radius 1 is 1.30 bits per heavy atom. The van der Waals surface area contributed by atoms with E-state index < -0.39 is 20.7 Å². The maximum absolute atomic E-state index is 12.6. The molecule has 3 N–H and O–H groups in total. The molecule has 1 aromatic rings. The summed E-state index contributed by atoms with van der Waals surface area (Å²) in [5, 5.41) is 8.79. The molecule has 7 heteroatoms. The summed E-state index contributed by atoms with van der Waals surface area (Å²) in [6.45, 7) is 4.54. The van der Waals surface area contributed by atoms with Crippen LogP contribution in [-0.4, -0.2) is 30.8 Å². The molecule has 0 saturated carbocycles. The van der Waals surface area contributed by atoms with E-state index in [0.29, 0.717) is 11.4 Å². The van der Waals surface area contributed by atoms with Gasteiger partial charge < -0.3 is 10.8 Å². The number of carboxylic acid groups (broad SMARTS) is 1. The monoisotopic (exact) mass is 300 g/mol. The fourth-order valence-corrected chi connectivity index (χ4v) is 3.03. The molecule has 6 nitrogen and oxygen atoms in total. The van der Waals surface area contributed by atoms with Crippen LogP contribution in [0.25, 0.3) is 0 Å². The Kier molecular flexibility index (Phi) is 4.65.